The van der Waals surface area contributed by atoms with Crippen molar-refractivity contribution in [1.82, 2.24) is 4.31 Å². The number of piperidine rings is 3. The monoisotopic (exact) mass is 338 g/mol. The number of fused-ring (bicyclic) bond motifs is 3. The molecule has 1 aromatic rings. The smallest absolute Gasteiger partial charge is 0.272 e. The lowest BCUT2D eigenvalue weighted by atomic mass is 9.84. The van der Waals surface area contributed by atoms with Gasteiger partial charge in [0, 0.05) is 37.9 Å². The molecule has 7 heteroatoms. The van der Waals surface area contributed by atoms with Gasteiger partial charge in [-0.05, 0) is 18.9 Å². The highest BCUT2D eigenvalue weighted by molar-refractivity contribution is 7.89. The second kappa shape index (κ2) is 6.03. The Bertz CT molecular complexity index is 647. The van der Waals surface area contributed by atoms with E-state index in [9.17, 15) is 8.42 Å². The minimum Gasteiger partial charge on any atom is -0.331 e. The highest BCUT2D eigenvalue weighted by Crippen LogP contribution is 2.22. The van der Waals surface area contributed by atoms with Crippen LogP contribution in [0, 0.1) is 5.92 Å². The highest BCUT2D eigenvalue weighted by Gasteiger charge is 2.40. The first-order chi connectivity index (χ1) is 11.1. The van der Waals surface area contributed by atoms with Crippen LogP contribution in [-0.4, -0.2) is 51.5 Å². The van der Waals surface area contributed by atoms with Gasteiger partial charge >= 0.3 is 0 Å². The molecule has 126 valence electrons. The van der Waals surface area contributed by atoms with Crippen LogP contribution in [0.1, 0.15) is 25.7 Å². The number of rotatable bonds is 4. The Morgan fingerprint density at radius 3 is 2.48 bits per heavy atom. The summed E-state index contributed by atoms with van der Waals surface area (Å²) in [6.45, 7) is 5.07. The van der Waals surface area contributed by atoms with Gasteiger partial charge in [0.25, 0.3) is 5.82 Å². The van der Waals surface area contributed by atoms with Crippen LogP contribution in [0.3, 0.4) is 0 Å². The van der Waals surface area contributed by atoms with Gasteiger partial charge in [-0.25, -0.2) is 13.4 Å². The second-order valence-corrected chi connectivity index (χ2v) is 9.03. The summed E-state index contributed by atoms with van der Waals surface area (Å²) in [5.74, 6) is 1.68. The van der Waals surface area contributed by atoms with Gasteiger partial charge < -0.3 is 4.90 Å². The number of nitrogens with one attached hydrogen (secondary N) is 3. The quantitative estimate of drug-likeness (QED) is 0.768. The molecule has 5 rings (SSSR count). The molecule has 1 atom stereocenters. The molecule has 6 nitrogen and oxygen atoms in total. The van der Waals surface area contributed by atoms with E-state index in [4.69, 9.17) is 0 Å². The van der Waals surface area contributed by atoms with E-state index in [1.54, 1.807) is 21.5 Å². The molecule has 23 heavy (non-hydrogen) atoms. The standard InChI is InChI=1S/C16H24N4O2S/c21-23(22,20-7-1-2-8-20)14-3-4-16(17-11-14)18-15-12-19-9-5-13(15)6-10-19/h3-4,11,13,15H,1-2,5-10,12H2,(H,17,18)/p+2/t15-/m0/s1. The maximum absolute atomic E-state index is 12.5. The van der Waals surface area contributed by atoms with E-state index in [-0.39, 0.29) is 0 Å². The van der Waals surface area contributed by atoms with Gasteiger partial charge in [0.1, 0.15) is 23.7 Å². The average molecular weight is 338 g/mol. The summed E-state index contributed by atoms with van der Waals surface area (Å²) in [6.07, 6.45) is 6.15. The largest absolute Gasteiger partial charge is 0.331 e. The second-order valence-electron chi connectivity index (χ2n) is 7.09. The summed E-state index contributed by atoms with van der Waals surface area (Å²) in [4.78, 5) is 5.21. The maximum atomic E-state index is 12.5. The van der Waals surface area contributed by atoms with Crippen molar-refractivity contribution in [3.63, 3.8) is 0 Å². The normalized spacial score (nSPS) is 31.4. The number of hydrogen-bond acceptors (Lipinski definition) is 3. The van der Waals surface area contributed by atoms with Crippen molar-refractivity contribution in [2.45, 2.75) is 36.6 Å². The molecular weight excluding hydrogens is 312 g/mol. The summed E-state index contributed by atoms with van der Waals surface area (Å²) < 4.78 is 26.6. The third kappa shape index (κ3) is 2.97. The summed E-state index contributed by atoms with van der Waals surface area (Å²) in [6, 6.07) is 4.10. The van der Waals surface area contributed by atoms with E-state index in [1.165, 1.54) is 32.5 Å². The zero-order valence-corrected chi connectivity index (χ0v) is 14.2. The number of aromatic nitrogens is 1. The van der Waals surface area contributed by atoms with Crippen LogP contribution in [0.4, 0.5) is 5.82 Å². The fourth-order valence-electron chi connectivity index (χ4n) is 4.24. The number of quaternary nitrogens is 1. The number of aromatic amines is 1. The van der Waals surface area contributed by atoms with E-state index in [0.717, 1.165) is 24.6 Å². The lowest BCUT2D eigenvalue weighted by Crippen LogP contribution is -3.16. The van der Waals surface area contributed by atoms with Crippen LogP contribution >= 0.6 is 0 Å². The fraction of sp³-hybridized carbons (Fsp3) is 0.688. The molecular formula is C16H26N4O2S+2. The summed E-state index contributed by atoms with van der Waals surface area (Å²) in [5.41, 5.74) is 0. The van der Waals surface area contributed by atoms with Crippen LogP contribution < -0.4 is 15.2 Å². The molecule has 0 amide bonds. The summed E-state index contributed by atoms with van der Waals surface area (Å²) >= 11 is 0. The number of H-pyrrole nitrogens is 1. The van der Waals surface area contributed by atoms with Gasteiger partial charge in [0.15, 0.2) is 0 Å². The minimum absolute atomic E-state index is 0.365. The molecule has 4 aliphatic rings. The van der Waals surface area contributed by atoms with Crippen molar-refractivity contribution in [1.29, 1.82) is 0 Å². The van der Waals surface area contributed by atoms with E-state index in [1.807, 2.05) is 6.07 Å². The Balaban J connectivity index is 1.46. The molecule has 1 aromatic heterocycles. The highest BCUT2D eigenvalue weighted by atomic mass is 32.2. The number of anilines is 1. The average Bonchev–Trinajstić information content (AvgIpc) is 3.12. The van der Waals surface area contributed by atoms with E-state index in [2.05, 4.69) is 10.3 Å². The van der Waals surface area contributed by atoms with Crippen LogP contribution in [0.2, 0.25) is 0 Å². The molecule has 0 aliphatic carbocycles. The van der Waals surface area contributed by atoms with Crippen molar-refractivity contribution in [3.8, 4) is 0 Å². The number of sulfonamides is 1. The van der Waals surface area contributed by atoms with Gasteiger partial charge in [0.05, 0.1) is 13.1 Å². The van der Waals surface area contributed by atoms with E-state index in [0.29, 0.717) is 24.0 Å². The Kier molecular flexibility index (Phi) is 4.03. The van der Waals surface area contributed by atoms with Crippen LogP contribution in [0.5, 0.6) is 0 Å². The Morgan fingerprint density at radius 1 is 1.17 bits per heavy atom. The fourth-order valence-corrected chi connectivity index (χ4v) is 5.72. The molecule has 4 saturated heterocycles. The first kappa shape index (κ1) is 15.4. The van der Waals surface area contributed by atoms with Gasteiger partial charge in [-0.3, -0.25) is 5.32 Å². The molecule has 2 bridgehead atoms. The third-order valence-corrected chi connectivity index (χ3v) is 7.54. The molecule has 4 aliphatic heterocycles. The van der Waals surface area contributed by atoms with E-state index >= 15 is 0 Å². The van der Waals surface area contributed by atoms with Crippen molar-refractivity contribution >= 4 is 15.8 Å². The lowest BCUT2D eigenvalue weighted by Gasteiger charge is -2.39. The lowest BCUT2D eigenvalue weighted by molar-refractivity contribution is -0.916. The number of hydrogen-bond donors (Lipinski definition) is 2. The predicted molar refractivity (Wildman–Crippen MR) is 86.7 cm³/mol. The third-order valence-electron chi connectivity index (χ3n) is 5.64. The summed E-state index contributed by atoms with van der Waals surface area (Å²) in [7, 11) is -3.33. The zero-order chi connectivity index (χ0) is 15.9. The topological polar surface area (TPSA) is 68.0 Å². The Hall–Kier alpha value is -1.18. The number of pyridine rings is 1. The molecule has 0 saturated carbocycles. The van der Waals surface area contributed by atoms with Crippen LogP contribution in [-0.2, 0) is 10.0 Å². The first-order valence-corrected chi connectivity index (χ1v) is 10.2. The van der Waals surface area contributed by atoms with Gasteiger partial charge in [-0.15, -0.1) is 0 Å². The van der Waals surface area contributed by atoms with Gasteiger partial charge in [-0.1, -0.05) is 0 Å². The zero-order valence-electron chi connectivity index (χ0n) is 13.4. The van der Waals surface area contributed by atoms with Crippen molar-refractivity contribution in [2.75, 3.05) is 38.0 Å². The summed E-state index contributed by atoms with van der Waals surface area (Å²) in [5, 5.41) is 3.58. The molecule has 3 N–H and O–H groups in total. The molecule has 0 spiro atoms. The van der Waals surface area contributed by atoms with Crippen molar-refractivity contribution < 1.29 is 18.3 Å². The minimum atomic E-state index is -3.33. The molecule has 0 unspecified atom stereocenters. The predicted octanol–water partition coefficient (Wildman–Crippen LogP) is -0.626. The molecule has 5 heterocycles. The first-order valence-electron chi connectivity index (χ1n) is 8.75. The van der Waals surface area contributed by atoms with E-state index < -0.39 is 10.0 Å². The number of nitrogens with zero attached hydrogens (tertiary/aromatic N) is 1. The molecule has 0 radical (unpaired) electrons. The van der Waals surface area contributed by atoms with Crippen molar-refractivity contribution in [3.05, 3.63) is 18.3 Å². The van der Waals surface area contributed by atoms with Crippen LogP contribution in [0.15, 0.2) is 23.2 Å². The molecule has 4 fully saturated rings. The Morgan fingerprint density at radius 2 is 1.91 bits per heavy atom. The SMILES string of the molecule is O=S(=O)(c1ccc(N[C@H]2C[NH+]3CCC2CC3)[nH+]c1)N1CCCC1. The van der Waals surface area contributed by atoms with Crippen molar-refractivity contribution in [2.24, 2.45) is 5.92 Å². The van der Waals surface area contributed by atoms with Crippen LogP contribution in [0.25, 0.3) is 0 Å². The molecule has 0 aromatic carbocycles. The Labute approximate surface area is 137 Å². The van der Waals surface area contributed by atoms with Gasteiger partial charge in [-0.2, -0.15) is 4.31 Å². The maximum Gasteiger partial charge on any atom is 0.272 e. The van der Waals surface area contributed by atoms with Gasteiger partial charge in [0.2, 0.25) is 10.0 Å².